The quantitative estimate of drug-likeness (QED) is 0.184. The molecular formula is C30H35Cl2N3O3S2. The molecule has 1 aliphatic rings. The molecule has 1 N–H and O–H groups in total. The van der Waals surface area contributed by atoms with Gasteiger partial charge in [-0.2, -0.15) is 0 Å². The number of imidazole rings is 1. The second kappa shape index (κ2) is 12.2. The Morgan fingerprint density at radius 1 is 0.925 bits per heavy atom. The maximum Gasteiger partial charge on any atom is 0.402 e. The zero-order valence-electron chi connectivity index (χ0n) is 23.8. The fraction of sp³-hybridized carbons (Fsp3) is 0.367. The van der Waals surface area contributed by atoms with Crippen molar-refractivity contribution in [3.63, 3.8) is 0 Å². The fourth-order valence-electron chi connectivity index (χ4n) is 5.42. The number of methoxy groups -OCH3 is 2. The maximum absolute atomic E-state index is 13.1. The SMILES string of the molecule is COc1ccc(CSSCc2c(C)c(OC)cc[n+]2-c2nc3cc4c(cc3[nH]2)C(C)(C)C(=O)C4(C)C)cc1.Cl.[Cl-]. The molecule has 0 saturated heterocycles. The van der Waals surface area contributed by atoms with Crippen LogP contribution < -0.4 is 26.4 Å². The highest BCUT2D eigenvalue weighted by Gasteiger charge is 2.50. The summed E-state index contributed by atoms with van der Waals surface area (Å²) in [6.07, 6.45) is 2.01. The Labute approximate surface area is 256 Å². The van der Waals surface area contributed by atoms with Gasteiger partial charge >= 0.3 is 5.95 Å². The highest BCUT2D eigenvalue weighted by Crippen LogP contribution is 2.47. The van der Waals surface area contributed by atoms with Crippen molar-refractivity contribution < 1.29 is 31.2 Å². The normalized spacial score (nSPS) is 14.8. The number of nitrogens with one attached hydrogen (secondary N) is 1. The predicted octanol–water partition coefficient (Wildman–Crippen LogP) is 3.81. The van der Waals surface area contributed by atoms with Gasteiger partial charge in [0, 0.05) is 28.2 Å². The van der Waals surface area contributed by atoms with E-state index in [1.807, 2.05) is 73.7 Å². The predicted molar refractivity (Wildman–Crippen MR) is 163 cm³/mol. The van der Waals surface area contributed by atoms with Crippen LogP contribution in [0.15, 0.2) is 48.7 Å². The number of H-pyrrole nitrogens is 1. The van der Waals surface area contributed by atoms with Crippen molar-refractivity contribution in [1.29, 1.82) is 0 Å². The Kier molecular flexibility index (Phi) is 9.82. The summed E-state index contributed by atoms with van der Waals surface area (Å²) in [5, 5.41) is 0. The molecule has 0 aliphatic heterocycles. The summed E-state index contributed by atoms with van der Waals surface area (Å²) in [5.41, 5.74) is 6.37. The van der Waals surface area contributed by atoms with Gasteiger partial charge in [0.2, 0.25) is 0 Å². The fourth-order valence-corrected chi connectivity index (χ4v) is 7.63. The van der Waals surface area contributed by atoms with Crippen molar-refractivity contribution in [1.82, 2.24) is 9.97 Å². The number of hydrogen-bond donors (Lipinski definition) is 1. The molecule has 0 saturated carbocycles. The number of benzene rings is 2. The number of aromatic nitrogens is 3. The largest absolute Gasteiger partial charge is 1.00 e. The third-order valence-corrected chi connectivity index (χ3v) is 9.89. The van der Waals surface area contributed by atoms with Gasteiger partial charge in [0.25, 0.3) is 0 Å². The number of halogens is 2. The number of aromatic amines is 1. The third-order valence-electron chi connectivity index (χ3n) is 7.67. The molecule has 5 rings (SSSR count). The van der Waals surface area contributed by atoms with Crippen LogP contribution in [0.1, 0.15) is 55.6 Å². The van der Waals surface area contributed by atoms with E-state index in [-0.39, 0.29) is 30.6 Å². The lowest BCUT2D eigenvalue weighted by Crippen LogP contribution is -3.00. The van der Waals surface area contributed by atoms with Gasteiger partial charge in [-0.1, -0.05) is 38.7 Å². The van der Waals surface area contributed by atoms with Gasteiger partial charge in [-0.15, -0.1) is 12.4 Å². The number of carbonyl (C=O) groups is 1. The van der Waals surface area contributed by atoms with E-state index in [9.17, 15) is 4.79 Å². The lowest BCUT2D eigenvalue weighted by atomic mass is 9.80. The number of Topliss-reactive ketones (excluding diaryl/α,β-unsaturated/α-hetero) is 1. The number of ketones is 1. The Morgan fingerprint density at radius 3 is 2.17 bits per heavy atom. The number of pyridine rings is 1. The molecule has 40 heavy (non-hydrogen) atoms. The molecule has 1 aliphatic carbocycles. The van der Waals surface area contributed by atoms with Crippen LogP contribution in [0.4, 0.5) is 0 Å². The molecule has 214 valence electrons. The average Bonchev–Trinajstić information content (AvgIpc) is 3.38. The average molecular weight is 621 g/mol. The molecule has 0 unspecified atom stereocenters. The van der Waals surface area contributed by atoms with Crippen LogP contribution in [0.25, 0.3) is 17.0 Å². The molecule has 0 fully saturated rings. The topological polar surface area (TPSA) is 68.1 Å². The Balaban J connectivity index is 0.00000220. The van der Waals surface area contributed by atoms with E-state index in [1.165, 1.54) is 5.56 Å². The summed E-state index contributed by atoms with van der Waals surface area (Å²) < 4.78 is 13.0. The molecule has 0 amide bonds. The molecule has 2 aromatic carbocycles. The Bertz CT molecular complexity index is 1480. The van der Waals surface area contributed by atoms with Crippen molar-refractivity contribution in [3.8, 4) is 17.4 Å². The number of ether oxygens (including phenoxy) is 2. The number of carbonyl (C=O) groups excluding carboxylic acids is 1. The van der Waals surface area contributed by atoms with Crippen LogP contribution in [0.2, 0.25) is 0 Å². The van der Waals surface area contributed by atoms with E-state index in [2.05, 4.69) is 40.7 Å². The van der Waals surface area contributed by atoms with Crippen molar-refractivity contribution in [2.24, 2.45) is 0 Å². The van der Waals surface area contributed by atoms with E-state index in [0.717, 1.165) is 62.4 Å². The van der Waals surface area contributed by atoms with Crippen LogP contribution in [-0.4, -0.2) is 30.0 Å². The number of rotatable bonds is 8. The van der Waals surface area contributed by atoms with E-state index in [0.29, 0.717) is 0 Å². The monoisotopic (exact) mass is 619 g/mol. The van der Waals surface area contributed by atoms with Gasteiger partial charge in [-0.3, -0.25) is 4.79 Å². The van der Waals surface area contributed by atoms with Gasteiger partial charge in [-0.05, 0) is 75.6 Å². The summed E-state index contributed by atoms with van der Waals surface area (Å²) in [4.78, 5) is 21.6. The van der Waals surface area contributed by atoms with E-state index in [4.69, 9.17) is 14.5 Å². The minimum atomic E-state index is -0.529. The Morgan fingerprint density at radius 2 is 1.55 bits per heavy atom. The standard InChI is InChI=1S/C30H34N3O3S2.2ClH/c1-18-25(17-38-37-16-19-8-10-20(35-6)11-9-19)33(13-12-26(18)36-7)28-31-23-14-21-22(15-24(23)32-28)30(4,5)27(34)29(21,2)3;;/h8-15H,16-17H2,1-7H3,(H,31,32);2*1H/q+1;;/p-1. The summed E-state index contributed by atoms with van der Waals surface area (Å²) in [5.74, 6) is 4.42. The van der Waals surface area contributed by atoms with Crippen LogP contribution in [0, 0.1) is 6.92 Å². The lowest BCUT2D eigenvalue weighted by Gasteiger charge is -2.21. The third kappa shape index (κ3) is 5.56. The number of nitrogens with zero attached hydrogens (tertiary/aromatic N) is 2. The molecule has 0 atom stereocenters. The minimum absolute atomic E-state index is 0. The summed E-state index contributed by atoms with van der Waals surface area (Å²) >= 11 is 0. The molecule has 0 bridgehead atoms. The number of hydrogen-bond acceptors (Lipinski definition) is 6. The zero-order chi connectivity index (χ0) is 27.2. The van der Waals surface area contributed by atoms with Crippen LogP contribution >= 0.6 is 34.0 Å². The van der Waals surface area contributed by atoms with Gasteiger partial charge in [0.15, 0.2) is 11.3 Å². The van der Waals surface area contributed by atoms with E-state index >= 15 is 0 Å². The first-order valence-electron chi connectivity index (χ1n) is 12.6. The minimum Gasteiger partial charge on any atom is -1.00 e. The van der Waals surface area contributed by atoms with Crippen molar-refractivity contribution in [2.75, 3.05) is 14.2 Å². The van der Waals surface area contributed by atoms with Gasteiger partial charge in [-0.25, -0.2) is 9.55 Å². The van der Waals surface area contributed by atoms with Crippen molar-refractivity contribution >= 4 is 50.8 Å². The van der Waals surface area contributed by atoms with Crippen molar-refractivity contribution in [2.45, 2.75) is 57.0 Å². The van der Waals surface area contributed by atoms with Crippen LogP contribution in [-0.2, 0) is 27.1 Å². The second-order valence-electron chi connectivity index (χ2n) is 10.8. The first kappa shape index (κ1) is 32.1. The molecule has 2 heterocycles. The summed E-state index contributed by atoms with van der Waals surface area (Å²) in [7, 11) is 7.01. The first-order chi connectivity index (χ1) is 18.1. The summed E-state index contributed by atoms with van der Waals surface area (Å²) in [6.45, 7) is 10.2. The molecule has 6 nitrogen and oxygen atoms in total. The van der Waals surface area contributed by atoms with Crippen LogP contribution in [0.3, 0.4) is 0 Å². The molecule has 0 spiro atoms. The number of fused-ring (bicyclic) bond motifs is 2. The maximum atomic E-state index is 13.1. The van der Waals surface area contributed by atoms with Crippen LogP contribution in [0.5, 0.6) is 11.5 Å². The molecule has 2 aromatic heterocycles. The summed E-state index contributed by atoms with van der Waals surface area (Å²) in [6, 6.07) is 14.4. The molecular weight excluding hydrogens is 585 g/mol. The smallest absolute Gasteiger partial charge is 0.402 e. The van der Waals surface area contributed by atoms with Crippen molar-refractivity contribution in [3.05, 3.63) is 76.6 Å². The second-order valence-corrected chi connectivity index (χ2v) is 13.2. The Hall–Kier alpha value is -2.39. The highest BCUT2D eigenvalue weighted by atomic mass is 35.5. The first-order valence-corrected chi connectivity index (χ1v) is 15.1. The highest BCUT2D eigenvalue weighted by molar-refractivity contribution is 8.76. The van der Waals surface area contributed by atoms with E-state index < -0.39 is 10.8 Å². The molecule has 0 radical (unpaired) electrons. The van der Waals surface area contributed by atoms with E-state index in [1.54, 1.807) is 14.2 Å². The van der Waals surface area contributed by atoms with Gasteiger partial charge in [0.1, 0.15) is 22.7 Å². The van der Waals surface area contributed by atoms with Gasteiger partial charge < -0.3 is 21.9 Å². The molecule has 4 aromatic rings. The lowest BCUT2D eigenvalue weighted by molar-refractivity contribution is -0.610. The molecule has 10 heteroatoms. The zero-order valence-corrected chi connectivity index (χ0v) is 27.0. The van der Waals surface area contributed by atoms with Gasteiger partial charge in [0.05, 0.1) is 26.2 Å².